The van der Waals surface area contributed by atoms with Gasteiger partial charge in [-0.05, 0) is 111 Å². The van der Waals surface area contributed by atoms with Crippen LogP contribution in [0.15, 0.2) is 0 Å². The van der Waals surface area contributed by atoms with Crippen molar-refractivity contribution in [3.8, 4) is 0 Å². The Morgan fingerprint density at radius 1 is 0.971 bits per heavy atom. The molecule has 4 saturated carbocycles. The SMILES string of the molecule is CCOC(=O)COC(=O)CC[C@@H](C)[C@H]1CC[C@H]2[C@@H]3CC[C@@H]4C[C@H](O)CC[C@]4(C)[C@H]3C[C@H](O)[C@]12C. The average Bonchev–Trinajstić information content (AvgIpc) is 3.16. The van der Waals surface area contributed by atoms with Crippen LogP contribution in [0.3, 0.4) is 0 Å². The number of hydrogen-bond donors (Lipinski definition) is 2. The van der Waals surface area contributed by atoms with Gasteiger partial charge in [-0.2, -0.15) is 0 Å². The lowest BCUT2D eigenvalue weighted by Gasteiger charge is -2.62. The largest absolute Gasteiger partial charge is 0.463 e. The minimum Gasteiger partial charge on any atom is -0.463 e. The molecule has 0 bridgehead atoms. The Balaban J connectivity index is 1.39. The van der Waals surface area contributed by atoms with Gasteiger partial charge in [-0.25, -0.2) is 4.79 Å². The number of carbonyl (C=O) groups excluding carboxylic acids is 2. The van der Waals surface area contributed by atoms with E-state index in [2.05, 4.69) is 20.8 Å². The maximum Gasteiger partial charge on any atom is 0.344 e. The Kier molecular flexibility index (Phi) is 7.69. The number of esters is 2. The lowest BCUT2D eigenvalue weighted by atomic mass is 9.43. The van der Waals surface area contributed by atoms with Crippen molar-refractivity contribution >= 4 is 11.9 Å². The summed E-state index contributed by atoms with van der Waals surface area (Å²) in [5, 5.41) is 21.9. The van der Waals surface area contributed by atoms with Gasteiger partial charge in [0.15, 0.2) is 6.61 Å². The van der Waals surface area contributed by atoms with Crippen LogP contribution in [0.4, 0.5) is 0 Å². The summed E-state index contributed by atoms with van der Waals surface area (Å²) >= 11 is 0. The summed E-state index contributed by atoms with van der Waals surface area (Å²) in [6.45, 7) is 8.68. The molecule has 0 spiro atoms. The van der Waals surface area contributed by atoms with Gasteiger partial charge in [0.1, 0.15) is 0 Å². The predicted molar refractivity (Wildman–Crippen MR) is 129 cm³/mol. The molecule has 0 aromatic heterocycles. The number of fused-ring (bicyclic) bond motifs is 5. The summed E-state index contributed by atoms with van der Waals surface area (Å²) in [5.74, 6) is 2.19. The van der Waals surface area contributed by atoms with Crippen molar-refractivity contribution in [2.75, 3.05) is 13.2 Å². The van der Waals surface area contributed by atoms with Crippen LogP contribution >= 0.6 is 0 Å². The number of aliphatic hydroxyl groups excluding tert-OH is 2. The maximum absolute atomic E-state index is 12.2. The van der Waals surface area contributed by atoms with Crippen molar-refractivity contribution < 1.29 is 29.3 Å². The second-order valence-electron chi connectivity index (χ2n) is 12.4. The van der Waals surface area contributed by atoms with Crippen LogP contribution in [-0.2, 0) is 19.1 Å². The van der Waals surface area contributed by atoms with Gasteiger partial charge in [-0.3, -0.25) is 4.79 Å². The molecule has 0 amide bonds. The van der Waals surface area contributed by atoms with Crippen LogP contribution in [0.5, 0.6) is 0 Å². The molecule has 6 heteroatoms. The molecule has 0 aliphatic heterocycles. The van der Waals surface area contributed by atoms with E-state index in [0.29, 0.717) is 48.3 Å². The minimum atomic E-state index is -0.509. The number of rotatable bonds is 7. The third-order valence-corrected chi connectivity index (χ3v) is 11.0. The molecular weight excluding hydrogens is 432 g/mol. The summed E-state index contributed by atoms with van der Waals surface area (Å²) in [4.78, 5) is 23.6. The quantitative estimate of drug-likeness (QED) is 0.524. The van der Waals surface area contributed by atoms with Gasteiger partial charge < -0.3 is 19.7 Å². The van der Waals surface area contributed by atoms with Gasteiger partial charge in [0.05, 0.1) is 18.8 Å². The molecule has 4 aliphatic carbocycles. The van der Waals surface area contributed by atoms with Crippen molar-refractivity contribution in [3.05, 3.63) is 0 Å². The van der Waals surface area contributed by atoms with Gasteiger partial charge in [-0.1, -0.05) is 20.8 Å². The minimum absolute atomic E-state index is 0.104. The third-order valence-electron chi connectivity index (χ3n) is 11.0. The lowest BCUT2D eigenvalue weighted by Crippen LogP contribution is -2.58. The van der Waals surface area contributed by atoms with E-state index < -0.39 is 5.97 Å². The average molecular weight is 479 g/mol. The van der Waals surface area contributed by atoms with Crippen molar-refractivity contribution in [2.45, 2.75) is 104 Å². The lowest BCUT2D eigenvalue weighted by molar-refractivity contribution is -0.175. The third kappa shape index (κ3) is 4.54. The Bertz CT molecular complexity index is 753. The van der Waals surface area contributed by atoms with Crippen molar-refractivity contribution in [2.24, 2.45) is 46.3 Å². The first-order valence-corrected chi connectivity index (χ1v) is 13.8. The fourth-order valence-corrected chi connectivity index (χ4v) is 9.12. The first kappa shape index (κ1) is 25.9. The highest BCUT2D eigenvalue weighted by molar-refractivity contribution is 5.76. The fourth-order valence-electron chi connectivity index (χ4n) is 9.12. The van der Waals surface area contributed by atoms with E-state index in [0.717, 1.165) is 32.1 Å². The monoisotopic (exact) mass is 478 g/mol. The highest BCUT2D eigenvalue weighted by Gasteiger charge is 2.63. The van der Waals surface area contributed by atoms with Crippen molar-refractivity contribution in [3.63, 3.8) is 0 Å². The zero-order valence-electron chi connectivity index (χ0n) is 21.6. The van der Waals surface area contributed by atoms with Crippen LogP contribution in [0.1, 0.15) is 91.9 Å². The summed E-state index contributed by atoms with van der Waals surface area (Å²) in [6, 6.07) is 0. The van der Waals surface area contributed by atoms with Crippen molar-refractivity contribution in [1.82, 2.24) is 0 Å². The van der Waals surface area contributed by atoms with Crippen LogP contribution in [0, 0.1) is 46.3 Å². The zero-order valence-corrected chi connectivity index (χ0v) is 21.6. The molecule has 34 heavy (non-hydrogen) atoms. The number of aliphatic hydroxyl groups is 2. The van der Waals surface area contributed by atoms with E-state index in [9.17, 15) is 19.8 Å². The Labute approximate surface area is 205 Å². The van der Waals surface area contributed by atoms with Crippen LogP contribution in [0.2, 0.25) is 0 Å². The summed E-state index contributed by atoms with van der Waals surface area (Å²) in [6.07, 6.45) is 9.07. The van der Waals surface area contributed by atoms with Crippen molar-refractivity contribution in [1.29, 1.82) is 0 Å². The van der Waals surface area contributed by atoms with Crippen LogP contribution in [-0.4, -0.2) is 47.6 Å². The van der Waals surface area contributed by atoms with Gasteiger partial charge in [0, 0.05) is 6.42 Å². The van der Waals surface area contributed by atoms with Gasteiger partial charge in [0.2, 0.25) is 0 Å². The van der Waals surface area contributed by atoms with E-state index in [1.807, 2.05) is 0 Å². The molecule has 2 N–H and O–H groups in total. The van der Waals surface area contributed by atoms with E-state index in [1.54, 1.807) is 6.92 Å². The standard InChI is InChI=1S/C28H46O6/c1-5-33-26(32)16-34-25(31)11-6-17(2)21-9-10-22-20-8-7-18-14-19(29)12-13-27(18,3)23(20)15-24(30)28(21,22)4/h17-24,29-30H,5-16H2,1-4H3/t17-,18-,19-,20+,21-,22+,23+,24+,27+,28-/m1/s1. The predicted octanol–water partition coefficient (Wildman–Crippen LogP) is 4.50. The second-order valence-corrected chi connectivity index (χ2v) is 12.4. The van der Waals surface area contributed by atoms with Crippen LogP contribution in [0.25, 0.3) is 0 Å². The smallest absolute Gasteiger partial charge is 0.344 e. The maximum atomic E-state index is 12.2. The van der Waals surface area contributed by atoms with E-state index >= 15 is 0 Å². The number of hydrogen-bond acceptors (Lipinski definition) is 6. The van der Waals surface area contributed by atoms with Gasteiger partial charge in [0.25, 0.3) is 0 Å². The number of carbonyl (C=O) groups is 2. The van der Waals surface area contributed by atoms with E-state index in [1.165, 1.54) is 19.3 Å². The molecule has 4 aliphatic rings. The molecule has 194 valence electrons. The fraction of sp³-hybridized carbons (Fsp3) is 0.929. The Morgan fingerprint density at radius 3 is 2.47 bits per heavy atom. The first-order valence-electron chi connectivity index (χ1n) is 13.8. The van der Waals surface area contributed by atoms with Crippen LogP contribution < -0.4 is 0 Å². The van der Waals surface area contributed by atoms with Gasteiger partial charge in [-0.15, -0.1) is 0 Å². The summed E-state index contributed by atoms with van der Waals surface area (Å²) < 4.78 is 9.90. The Morgan fingerprint density at radius 2 is 1.74 bits per heavy atom. The highest BCUT2D eigenvalue weighted by Crippen LogP contribution is 2.68. The molecule has 0 saturated heterocycles. The normalized spacial score (nSPS) is 44.4. The van der Waals surface area contributed by atoms with Gasteiger partial charge >= 0.3 is 11.9 Å². The molecule has 0 unspecified atom stereocenters. The number of ether oxygens (including phenoxy) is 2. The molecular formula is C28H46O6. The Hall–Kier alpha value is -1.14. The molecule has 0 heterocycles. The molecule has 0 radical (unpaired) electrons. The topological polar surface area (TPSA) is 93.1 Å². The molecule has 0 aromatic rings. The first-order chi connectivity index (χ1) is 16.1. The highest BCUT2D eigenvalue weighted by atomic mass is 16.6. The van der Waals surface area contributed by atoms with E-state index in [-0.39, 0.29) is 42.2 Å². The molecule has 10 atom stereocenters. The summed E-state index contributed by atoms with van der Waals surface area (Å²) in [7, 11) is 0. The summed E-state index contributed by atoms with van der Waals surface area (Å²) in [5.41, 5.74) is 0.142. The zero-order chi connectivity index (χ0) is 24.7. The molecule has 0 aromatic carbocycles. The van der Waals surface area contributed by atoms with E-state index in [4.69, 9.17) is 9.47 Å². The molecule has 4 rings (SSSR count). The molecule has 4 fully saturated rings. The second kappa shape index (κ2) is 10.1. The molecule has 6 nitrogen and oxygen atoms in total.